The van der Waals surface area contributed by atoms with E-state index in [1.165, 1.54) is 6.08 Å². The van der Waals surface area contributed by atoms with Crippen LogP contribution in [-0.2, 0) is 17.9 Å². The number of carbonyl (C=O) groups excluding carboxylic acids is 2. The smallest absolute Gasteiger partial charge is 0.251 e. The SMILES string of the molecule is CNC(=O)c1ccc(/C=C/C(=O)NCc2cccn2-c2ccc(Cl)c(COc3cccc4ccc(C)nc34)c2Cl)cc1.Cl. The minimum absolute atomic E-state index is 0. The molecule has 0 fully saturated rings. The molecule has 0 spiro atoms. The molecule has 0 saturated carbocycles. The van der Waals surface area contributed by atoms with Crippen LogP contribution in [0.15, 0.2) is 91.1 Å². The normalized spacial score (nSPS) is 10.9. The van der Waals surface area contributed by atoms with E-state index in [2.05, 4.69) is 15.6 Å². The Bertz CT molecular complexity index is 1800. The number of para-hydroxylation sites is 1. The van der Waals surface area contributed by atoms with Gasteiger partial charge >= 0.3 is 0 Å². The number of fused-ring (bicyclic) bond motifs is 1. The van der Waals surface area contributed by atoms with Crippen molar-refractivity contribution in [3.05, 3.63) is 129 Å². The molecule has 0 atom stereocenters. The average molecular weight is 636 g/mol. The summed E-state index contributed by atoms with van der Waals surface area (Å²) in [7, 11) is 1.58. The summed E-state index contributed by atoms with van der Waals surface area (Å²) in [6.07, 6.45) is 5.02. The molecule has 0 aliphatic heterocycles. The number of nitrogens with one attached hydrogen (secondary N) is 2. The number of carbonyl (C=O) groups is 2. The van der Waals surface area contributed by atoms with Crippen molar-refractivity contribution < 1.29 is 14.3 Å². The second kappa shape index (κ2) is 14.2. The van der Waals surface area contributed by atoms with Gasteiger partial charge < -0.3 is 19.9 Å². The standard InChI is InChI=1S/C33H28Cl2N4O3.ClH/c1-21-8-12-23-5-3-7-29(32(23)38-21)42-20-26-27(34)15-16-28(31(26)35)39-18-4-6-25(39)19-37-30(40)17-11-22-9-13-24(14-10-22)33(41)36-2;/h3-18H,19-20H2,1-2H3,(H,36,41)(H,37,40);1H/b17-11+;. The molecule has 10 heteroatoms. The number of aryl methyl sites for hydroxylation is 1. The molecule has 2 aromatic heterocycles. The van der Waals surface area contributed by atoms with Gasteiger partial charge in [-0.05, 0) is 67.1 Å². The van der Waals surface area contributed by atoms with E-state index in [1.807, 2.05) is 66.2 Å². The van der Waals surface area contributed by atoms with Crippen molar-refractivity contribution in [2.24, 2.45) is 0 Å². The van der Waals surface area contributed by atoms with Crippen LogP contribution in [-0.4, -0.2) is 28.4 Å². The Morgan fingerprint density at radius 1 is 0.977 bits per heavy atom. The molecule has 0 aliphatic carbocycles. The lowest BCUT2D eigenvalue weighted by Gasteiger charge is -2.16. The monoisotopic (exact) mass is 634 g/mol. The summed E-state index contributed by atoms with van der Waals surface area (Å²) in [6.45, 7) is 2.37. The van der Waals surface area contributed by atoms with Crippen molar-refractivity contribution >= 4 is 64.4 Å². The summed E-state index contributed by atoms with van der Waals surface area (Å²) in [5.41, 5.74) is 5.23. The number of pyridine rings is 1. The third kappa shape index (κ3) is 7.38. The lowest BCUT2D eigenvalue weighted by Crippen LogP contribution is -2.21. The van der Waals surface area contributed by atoms with Gasteiger partial charge in [-0.1, -0.05) is 53.5 Å². The van der Waals surface area contributed by atoms with Crippen molar-refractivity contribution in [3.8, 4) is 11.4 Å². The maximum absolute atomic E-state index is 12.5. The van der Waals surface area contributed by atoms with E-state index in [1.54, 1.807) is 43.5 Å². The van der Waals surface area contributed by atoms with Gasteiger partial charge in [0.15, 0.2) is 0 Å². The van der Waals surface area contributed by atoms with Crippen LogP contribution in [0.5, 0.6) is 5.75 Å². The fourth-order valence-electron chi connectivity index (χ4n) is 4.48. The summed E-state index contributed by atoms with van der Waals surface area (Å²) in [5.74, 6) is 0.228. The molecule has 0 bridgehead atoms. The third-order valence-corrected chi connectivity index (χ3v) is 7.50. The van der Waals surface area contributed by atoms with E-state index >= 15 is 0 Å². The highest BCUT2D eigenvalue weighted by Crippen LogP contribution is 2.33. The summed E-state index contributed by atoms with van der Waals surface area (Å²) in [5, 5.41) is 7.41. The molecule has 0 radical (unpaired) electrons. The van der Waals surface area contributed by atoms with Crippen molar-refractivity contribution in [2.75, 3.05) is 7.05 Å². The van der Waals surface area contributed by atoms with Crippen LogP contribution in [0, 0.1) is 6.92 Å². The number of hydrogen-bond acceptors (Lipinski definition) is 4. The Morgan fingerprint density at radius 2 is 1.77 bits per heavy atom. The zero-order valence-electron chi connectivity index (χ0n) is 23.4. The summed E-state index contributed by atoms with van der Waals surface area (Å²) in [6, 6.07) is 24.2. The number of hydrogen-bond donors (Lipinski definition) is 2. The Hall–Kier alpha value is -4.30. The number of benzene rings is 3. The first-order valence-corrected chi connectivity index (χ1v) is 14.0. The maximum Gasteiger partial charge on any atom is 0.251 e. The van der Waals surface area contributed by atoms with Crippen LogP contribution in [0.4, 0.5) is 0 Å². The number of aromatic nitrogens is 2. The van der Waals surface area contributed by atoms with Crippen LogP contribution in [0.2, 0.25) is 10.0 Å². The van der Waals surface area contributed by atoms with Gasteiger partial charge in [-0.25, -0.2) is 4.98 Å². The predicted molar refractivity (Wildman–Crippen MR) is 175 cm³/mol. The first-order chi connectivity index (χ1) is 20.3. The molecule has 2 amide bonds. The molecular formula is C33H29Cl3N4O3. The van der Waals surface area contributed by atoms with Gasteiger partial charge in [0.05, 0.1) is 17.3 Å². The third-order valence-electron chi connectivity index (χ3n) is 6.72. The topological polar surface area (TPSA) is 85.2 Å². The Balaban J connectivity index is 0.00000423. The van der Waals surface area contributed by atoms with Crippen LogP contribution >= 0.6 is 35.6 Å². The van der Waals surface area contributed by atoms with Crippen molar-refractivity contribution in [2.45, 2.75) is 20.1 Å². The first kappa shape index (κ1) is 31.6. The van der Waals surface area contributed by atoms with Gasteiger partial charge in [0.25, 0.3) is 5.91 Å². The molecule has 0 aliphatic rings. The van der Waals surface area contributed by atoms with Crippen molar-refractivity contribution in [1.29, 1.82) is 0 Å². The van der Waals surface area contributed by atoms with Crippen LogP contribution in [0.3, 0.4) is 0 Å². The molecule has 5 rings (SSSR count). The van der Waals surface area contributed by atoms with Crippen LogP contribution in [0.25, 0.3) is 22.7 Å². The number of amides is 2. The molecule has 3 aromatic carbocycles. The highest BCUT2D eigenvalue weighted by molar-refractivity contribution is 6.37. The maximum atomic E-state index is 12.5. The van der Waals surface area contributed by atoms with E-state index in [-0.39, 0.29) is 37.4 Å². The predicted octanol–water partition coefficient (Wildman–Crippen LogP) is 7.33. The zero-order chi connectivity index (χ0) is 29.6. The lowest BCUT2D eigenvalue weighted by molar-refractivity contribution is -0.116. The quantitative estimate of drug-likeness (QED) is 0.166. The Labute approximate surface area is 265 Å². The molecule has 7 nitrogen and oxygen atoms in total. The molecule has 5 aromatic rings. The van der Waals surface area contributed by atoms with E-state index in [0.717, 1.165) is 27.9 Å². The molecule has 2 N–H and O–H groups in total. The molecule has 220 valence electrons. The van der Waals surface area contributed by atoms with Crippen LogP contribution in [0.1, 0.15) is 32.9 Å². The summed E-state index contributed by atoms with van der Waals surface area (Å²) >= 11 is 13.4. The second-order valence-electron chi connectivity index (χ2n) is 9.55. The first-order valence-electron chi connectivity index (χ1n) is 13.2. The van der Waals surface area contributed by atoms with E-state index in [0.29, 0.717) is 32.6 Å². The van der Waals surface area contributed by atoms with Gasteiger partial charge in [-0.3, -0.25) is 9.59 Å². The van der Waals surface area contributed by atoms with Gasteiger partial charge in [-0.15, -0.1) is 12.4 Å². The van der Waals surface area contributed by atoms with Gasteiger partial charge in [0.2, 0.25) is 5.91 Å². The number of ether oxygens (including phenoxy) is 1. The van der Waals surface area contributed by atoms with Crippen molar-refractivity contribution in [3.63, 3.8) is 0 Å². The molecule has 0 saturated heterocycles. The molecule has 2 heterocycles. The second-order valence-corrected chi connectivity index (χ2v) is 10.3. The average Bonchev–Trinajstić information content (AvgIpc) is 3.47. The van der Waals surface area contributed by atoms with Crippen molar-refractivity contribution in [1.82, 2.24) is 20.2 Å². The fourth-order valence-corrected chi connectivity index (χ4v) is 5.05. The summed E-state index contributed by atoms with van der Waals surface area (Å²) in [4.78, 5) is 28.9. The van der Waals surface area contributed by atoms with E-state index in [4.69, 9.17) is 27.9 Å². The Kier molecular flexibility index (Phi) is 10.5. The zero-order valence-corrected chi connectivity index (χ0v) is 25.8. The molecular weight excluding hydrogens is 607 g/mol. The minimum atomic E-state index is -0.256. The number of nitrogens with zero attached hydrogens (tertiary/aromatic N) is 2. The number of rotatable bonds is 9. The summed E-state index contributed by atoms with van der Waals surface area (Å²) < 4.78 is 8.07. The van der Waals surface area contributed by atoms with Gasteiger partial charge in [0.1, 0.15) is 17.9 Å². The fraction of sp³-hybridized carbons (Fsp3) is 0.121. The van der Waals surface area contributed by atoms with Gasteiger partial charge in [-0.2, -0.15) is 0 Å². The van der Waals surface area contributed by atoms with Crippen LogP contribution < -0.4 is 15.4 Å². The van der Waals surface area contributed by atoms with E-state index < -0.39 is 0 Å². The molecule has 0 unspecified atom stereocenters. The number of halogens is 3. The highest BCUT2D eigenvalue weighted by Gasteiger charge is 2.16. The van der Waals surface area contributed by atoms with Gasteiger partial charge in [0, 0.05) is 52.2 Å². The lowest BCUT2D eigenvalue weighted by atomic mass is 10.1. The van der Waals surface area contributed by atoms with E-state index in [9.17, 15) is 9.59 Å². The highest BCUT2D eigenvalue weighted by atomic mass is 35.5. The molecule has 43 heavy (non-hydrogen) atoms. The Morgan fingerprint density at radius 3 is 2.53 bits per heavy atom. The largest absolute Gasteiger partial charge is 0.487 e. The minimum Gasteiger partial charge on any atom is -0.487 e.